The van der Waals surface area contributed by atoms with Crippen molar-refractivity contribution in [2.24, 2.45) is 0 Å². The van der Waals surface area contributed by atoms with E-state index in [0.717, 1.165) is 6.04 Å². The van der Waals surface area contributed by atoms with Gasteiger partial charge in [0, 0.05) is 18.6 Å². The molecule has 0 aromatic carbocycles. The second kappa shape index (κ2) is 7.25. The van der Waals surface area contributed by atoms with Crippen molar-refractivity contribution in [3.8, 4) is 0 Å². The largest absolute Gasteiger partial charge is 0.316 e. The molecule has 16 heavy (non-hydrogen) atoms. The predicted molar refractivity (Wildman–Crippen MR) is 70.9 cm³/mol. The molecule has 1 unspecified atom stereocenters. The summed E-state index contributed by atoms with van der Waals surface area (Å²) in [6.07, 6.45) is 5.21. The number of nitrogens with zero attached hydrogens (tertiary/aromatic N) is 2. The Morgan fingerprint density at radius 1 is 1.38 bits per heavy atom. The van der Waals surface area contributed by atoms with E-state index in [1.165, 1.54) is 45.3 Å². The number of piperidine rings is 1. The Labute approximate surface area is 101 Å². The molecule has 1 aliphatic rings. The van der Waals surface area contributed by atoms with Gasteiger partial charge in [0.15, 0.2) is 0 Å². The van der Waals surface area contributed by atoms with Crippen molar-refractivity contribution in [2.45, 2.75) is 44.7 Å². The second-order valence-corrected chi connectivity index (χ2v) is 5.25. The molecule has 0 aromatic rings. The van der Waals surface area contributed by atoms with Gasteiger partial charge in [-0.3, -0.25) is 0 Å². The highest BCUT2D eigenvalue weighted by molar-refractivity contribution is 4.79. The molecule has 3 heteroatoms. The minimum absolute atomic E-state index is 0.662. The molecule has 1 atom stereocenters. The summed E-state index contributed by atoms with van der Waals surface area (Å²) in [7, 11) is 6.60. The van der Waals surface area contributed by atoms with Crippen molar-refractivity contribution in [1.82, 2.24) is 15.1 Å². The van der Waals surface area contributed by atoms with Crippen molar-refractivity contribution in [1.29, 1.82) is 0 Å². The molecule has 1 rings (SSSR count). The van der Waals surface area contributed by atoms with Crippen LogP contribution in [-0.2, 0) is 0 Å². The van der Waals surface area contributed by atoms with Gasteiger partial charge in [-0.2, -0.15) is 0 Å². The molecule has 96 valence electrons. The van der Waals surface area contributed by atoms with E-state index in [4.69, 9.17) is 0 Å². The van der Waals surface area contributed by atoms with Crippen molar-refractivity contribution < 1.29 is 0 Å². The first-order valence-electron chi connectivity index (χ1n) is 6.73. The zero-order valence-electron chi connectivity index (χ0n) is 11.5. The molecule has 0 radical (unpaired) electrons. The van der Waals surface area contributed by atoms with Crippen LogP contribution in [0.1, 0.15) is 32.6 Å². The fourth-order valence-corrected chi connectivity index (χ4v) is 2.61. The quantitative estimate of drug-likeness (QED) is 0.740. The minimum Gasteiger partial charge on any atom is -0.316 e. The van der Waals surface area contributed by atoms with Gasteiger partial charge in [0.05, 0.1) is 0 Å². The zero-order chi connectivity index (χ0) is 12.0. The van der Waals surface area contributed by atoms with Crippen LogP contribution in [-0.4, -0.2) is 62.7 Å². The summed E-state index contributed by atoms with van der Waals surface area (Å²) >= 11 is 0. The van der Waals surface area contributed by atoms with Gasteiger partial charge >= 0.3 is 0 Å². The average Bonchev–Trinajstić information content (AvgIpc) is 2.29. The van der Waals surface area contributed by atoms with E-state index < -0.39 is 0 Å². The summed E-state index contributed by atoms with van der Waals surface area (Å²) in [5.74, 6) is 0. The molecule has 0 aromatic heterocycles. The van der Waals surface area contributed by atoms with Gasteiger partial charge in [-0.1, -0.05) is 13.3 Å². The summed E-state index contributed by atoms with van der Waals surface area (Å²) in [5, 5.41) is 3.43. The van der Waals surface area contributed by atoms with Gasteiger partial charge in [0.2, 0.25) is 0 Å². The highest BCUT2D eigenvalue weighted by Gasteiger charge is 2.21. The third kappa shape index (κ3) is 4.40. The lowest BCUT2D eigenvalue weighted by atomic mass is 10.0. The lowest BCUT2D eigenvalue weighted by Gasteiger charge is -2.36. The Morgan fingerprint density at radius 2 is 2.00 bits per heavy atom. The van der Waals surface area contributed by atoms with E-state index in [-0.39, 0.29) is 0 Å². The van der Waals surface area contributed by atoms with E-state index >= 15 is 0 Å². The first-order valence-corrected chi connectivity index (χ1v) is 6.73. The van der Waals surface area contributed by atoms with E-state index in [9.17, 15) is 0 Å². The molecular weight excluding hydrogens is 198 g/mol. The standard InChI is InChI=1S/C13H29N3/c1-5-6-12(14-2)11-16(4)13-7-9-15(3)10-8-13/h12-14H,5-11H2,1-4H3. The van der Waals surface area contributed by atoms with Crippen LogP contribution in [0.5, 0.6) is 0 Å². The highest BCUT2D eigenvalue weighted by Crippen LogP contribution is 2.14. The Hall–Kier alpha value is -0.120. The Kier molecular flexibility index (Phi) is 6.32. The summed E-state index contributed by atoms with van der Waals surface area (Å²) < 4.78 is 0. The van der Waals surface area contributed by atoms with Crippen LogP contribution in [0, 0.1) is 0 Å². The van der Waals surface area contributed by atoms with Gasteiger partial charge in [-0.15, -0.1) is 0 Å². The topological polar surface area (TPSA) is 18.5 Å². The first kappa shape index (κ1) is 13.9. The number of likely N-dealkylation sites (tertiary alicyclic amines) is 1. The predicted octanol–water partition coefficient (Wildman–Crippen LogP) is 1.40. The maximum atomic E-state index is 3.43. The van der Waals surface area contributed by atoms with Gasteiger partial charge < -0.3 is 15.1 Å². The minimum atomic E-state index is 0.662. The van der Waals surface area contributed by atoms with Crippen molar-refractivity contribution in [3.63, 3.8) is 0 Å². The number of nitrogens with one attached hydrogen (secondary N) is 1. The summed E-state index contributed by atoms with van der Waals surface area (Å²) in [6.45, 7) is 5.97. The molecule has 1 saturated heterocycles. The average molecular weight is 227 g/mol. The van der Waals surface area contributed by atoms with Crippen molar-refractivity contribution in [2.75, 3.05) is 40.8 Å². The van der Waals surface area contributed by atoms with Gasteiger partial charge in [0.25, 0.3) is 0 Å². The van der Waals surface area contributed by atoms with Crippen LogP contribution >= 0.6 is 0 Å². The van der Waals surface area contributed by atoms with Crippen LogP contribution in [0.15, 0.2) is 0 Å². The summed E-state index contributed by atoms with van der Waals surface area (Å²) in [4.78, 5) is 5.00. The highest BCUT2D eigenvalue weighted by atomic mass is 15.2. The lowest BCUT2D eigenvalue weighted by Crippen LogP contribution is -2.46. The fraction of sp³-hybridized carbons (Fsp3) is 1.00. The van der Waals surface area contributed by atoms with Gasteiger partial charge in [0.1, 0.15) is 0 Å². The smallest absolute Gasteiger partial charge is 0.0191 e. The number of hydrogen-bond donors (Lipinski definition) is 1. The maximum Gasteiger partial charge on any atom is 0.0191 e. The monoisotopic (exact) mass is 227 g/mol. The number of rotatable bonds is 6. The Morgan fingerprint density at radius 3 is 2.50 bits per heavy atom. The molecule has 3 nitrogen and oxygen atoms in total. The van der Waals surface area contributed by atoms with Crippen molar-refractivity contribution in [3.05, 3.63) is 0 Å². The normalized spacial score (nSPS) is 21.6. The molecule has 1 N–H and O–H groups in total. The van der Waals surface area contributed by atoms with Gasteiger partial charge in [-0.05, 0) is 53.5 Å². The fourth-order valence-electron chi connectivity index (χ4n) is 2.61. The number of likely N-dealkylation sites (N-methyl/N-ethyl adjacent to an activating group) is 2. The van der Waals surface area contributed by atoms with E-state index in [1.807, 2.05) is 0 Å². The Balaban J connectivity index is 2.30. The zero-order valence-corrected chi connectivity index (χ0v) is 11.5. The van der Waals surface area contributed by atoms with E-state index in [0.29, 0.717) is 6.04 Å². The van der Waals surface area contributed by atoms with Crippen LogP contribution in [0.2, 0.25) is 0 Å². The maximum absolute atomic E-state index is 3.43. The van der Waals surface area contributed by atoms with Crippen molar-refractivity contribution >= 4 is 0 Å². The van der Waals surface area contributed by atoms with E-state index in [2.05, 4.69) is 43.2 Å². The molecule has 0 aliphatic carbocycles. The molecule has 1 aliphatic heterocycles. The van der Waals surface area contributed by atoms with Crippen LogP contribution in [0.25, 0.3) is 0 Å². The first-order chi connectivity index (χ1) is 7.67. The molecular formula is C13H29N3. The number of hydrogen-bond acceptors (Lipinski definition) is 3. The molecule has 0 saturated carbocycles. The Bertz CT molecular complexity index is 176. The summed E-state index contributed by atoms with van der Waals surface area (Å²) in [5.41, 5.74) is 0. The van der Waals surface area contributed by atoms with Crippen LogP contribution < -0.4 is 5.32 Å². The molecule has 0 amide bonds. The van der Waals surface area contributed by atoms with Crippen LogP contribution in [0.3, 0.4) is 0 Å². The second-order valence-electron chi connectivity index (χ2n) is 5.25. The third-order valence-corrected chi connectivity index (χ3v) is 3.87. The van der Waals surface area contributed by atoms with Gasteiger partial charge in [-0.25, -0.2) is 0 Å². The lowest BCUT2D eigenvalue weighted by molar-refractivity contribution is 0.134. The third-order valence-electron chi connectivity index (χ3n) is 3.87. The molecule has 1 heterocycles. The molecule has 0 bridgehead atoms. The molecule has 0 spiro atoms. The van der Waals surface area contributed by atoms with E-state index in [1.54, 1.807) is 0 Å². The summed E-state index contributed by atoms with van der Waals surface area (Å²) in [6, 6.07) is 1.46. The van der Waals surface area contributed by atoms with Crippen LogP contribution in [0.4, 0.5) is 0 Å². The molecule has 1 fully saturated rings. The SMILES string of the molecule is CCCC(CN(C)C1CCN(C)CC1)NC.